The fourth-order valence-corrected chi connectivity index (χ4v) is 2.45. The van der Waals surface area contributed by atoms with Crippen LogP contribution in [0, 0.1) is 12.3 Å². The predicted octanol–water partition coefficient (Wildman–Crippen LogP) is 3.86. The molecule has 23 heavy (non-hydrogen) atoms. The van der Waals surface area contributed by atoms with Crippen LogP contribution < -0.4 is 5.56 Å². The minimum absolute atomic E-state index is 0.125. The van der Waals surface area contributed by atoms with Crippen LogP contribution in [0.3, 0.4) is 0 Å². The minimum Gasteiger partial charge on any atom is -0.267 e. The Morgan fingerprint density at radius 2 is 1.74 bits per heavy atom. The van der Waals surface area contributed by atoms with Gasteiger partial charge in [-0.2, -0.15) is 5.10 Å². The van der Waals surface area contributed by atoms with E-state index in [1.807, 2.05) is 42.5 Å². The lowest BCUT2D eigenvalue weighted by atomic mass is 10.0. The zero-order chi connectivity index (χ0) is 16.2. The maximum absolute atomic E-state index is 12.6. The lowest BCUT2D eigenvalue weighted by molar-refractivity contribution is 0.669. The van der Waals surface area contributed by atoms with Crippen LogP contribution in [-0.2, 0) is 6.54 Å². The molecule has 0 unspecified atom stereocenters. The van der Waals surface area contributed by atoms with Crippen molar-refractivity contribution in [2.75, 3.05) is 0 Å². The number of rotatable bonds is 3. The first-order chi connectivity index (χ1) is 11.2. The van der Waals surface area contributed by atoms with Crippen LogP contribution in [0.5, 0.6) is 0 Å². The van der Waals surface area contributed by atoms with E-state index in [1.165, 1.54) is 4.68 Å². The molecule has 1 aromatic heterocycles. The van der Waals surface area contributed by atoms with Gasteiger partial charge in [0.1, 0.15) is 6.54 Å². The molecule has 0 radical (unpaired) electrons. The van der Waals surface area contributed by atoms with Crippen molar-refractivity contribution in [3.63, 3.8) is 0 Å². The first-order valence-electron chi connectivity index (χ1n) is 7.06. The second-order valence-corrected chi connectivity index (χ2v) is 5.42. The smallest absolute Gasteiger partial charge is 0.267 e. The van der Waals surface area contributed by atoms with E-state index in [9.17, 15) is 4.79 Å². The molecule has 3 rings (SSSR count). The number of aromatic nitrogens is 2. The zero-order valence-corrected chi connectivity index (χ0v) is 13.0. The third-order valence-corrected chi connectivity index (χ3v) is 3.69. The molecule has 0 aliphatic rings. The van der Waals surface area contributed by atoms with Crippen LogP contribution in [0.15, 0.2) is 65.5 Å². The molecule has 0 fully saturated rings. The van der Waals surface area contributed by atoms with Crippen molar-refractivity contribution in [1.82, 2.24) is 9.78 Å². The highest BCUT2D eigenvalue weighted by molar-refractivity contribution is 6.30. The van der Waals surface area contributed by atoms with Crippen molar-refractivity contribution in [3.05, 3.63) is 76.0 Å². The molecule has 0 atom stereocenters. The Morgan fingerprint density at radius 3 is 2.39 bits per heavy atom. The summed E-state index contributed by atoms with van der Waals surface area (Å²) in [6.45, 7) is 0.125. The Balaban J connectivity index is 2.22. The van der Waals surface area contributed by atoms with E-state index in [0.717, 1.165) is 11.1 Å². The van der Waals surface area contributed by atoms with E-state index in [2.05, 4.69) is 11.0 Å². The van der Waals surface area contributed by atoms with Gasteiger partial charge in [-0.15, -0.1) is 6.42 Å². The molecule has 4 heteroatoms. The largest absolute Gasteiger partial charge is 0.275 e. The molecule has 0 spiro atoms. The van der Waals surface area contributed by atoms with Crippen molar-refractivity contribution in [2.45, 2.75) is 6.54 Å². The molecule has 2 aromatic carbocycles. The van der Waals surface area contributed by atoms with E-state index >= 15 is 0 Å². The summed E-state index contributed by atoms with van der Waals surface area (Å²) in [5, 5.41) is 5.01. The fraction of sp³-hybridized carbons (Fsp3) is 0.0526. The molecule has 1 heterocycles. The maximum atomic E-state index is 12.6. The lowest BCUT2D eigenvalue weighted by Crippen LogP contribution is -2.24. The second kappa shape index (κ2) is 6.51. The molecule has 0 saturated heterocycles. The van der Waals surface area contributed by atoms with Gasteiger partial charge in [-0.3, -0.25) is 4.79 Å². The molecule has 3 nitrogen and oxygen atoms in total. The van der Waals surface area contributed by atoms with Gasteiger partial charge >= 0.3 is 0 Å². The van der Waals surface area contributed by atoms with Gasteiger partial charge in [0.15, 0.2) is 0 Å². The van der Waals surface area contributed by atoms with Crippen molar-refractivity contribution < 1.29 is 0 Å². The molecule has 0 bridgehead atoms. The van der Waals surface area contributed by atoms with Crippen LogP contribution in [0.25, 0.3) is 22.4 Å². The van der Waals surface area contributed by atoms with Gasteiger partial charge in [0.05, 0.1) is 11.3 Å². The summed E-state index contributed by atoms with van der Waals surface area (Å²) >= 11 is 5.93. The maximum Gasteiger partial charge on any atom is 0.275 e. The van der Waals surface area contributed by atoms with Gasteiger partial charge in [0, 0.05) is 10.6 Å². The van der Waals surface area contributed by atoms with Gasteiger partial charge in [-0.1, -0.05) is 60.0 Å². The van der Waals surface area contributed by atoms with Gasteiger partial charge < -0.3 is 0 Å². The van der Waals surface area contributed by atoms with E-state index in [4.69, 9.17) is 18.0 Å². The van der Waals surface area contributed by atoms with Gasteiger partial charge in [0.2, 0.25) is 0 Å². The first-order valence-corrected chi connectivity index (χ1v) is 7.44. The molecule has 0 N–H and O–H groups in total. The Morgan fingerprint density at radius 1 is 1.04 bits per heavy atom. The summed E-state index contributed by atoms with van der Waals surface area (Å²) in [5.74, 6) is 2.47. The molecule has 0 amide bonds. The molecule has 0 aliphatic carbocycles. The minimum atomic E-state index is -0.202. The third-order valence-electron chi connectivity index (χ3n) is 3.44. The number of terminal acetylenes is 1. The average molecular weight is 321 g/mol. The quantitative estimate of drug-likeness (QED) is 0.687. The molecular formula is C19H13ClN2O. The fourth-order valence-electron chi connectivity index (χ4n) is 2.32. The Hall–Kier alpha value is -2.83. The van der Waals surface area contributed by atoms with Gasteiger partial charge in [-0.25, -0.2) is 4.68 Å². The molecule has 3 aromatic rings. The summed E-state index contributed by atoms with van der Waals surface area (Å²) in [6.07, 6.45) is 5.36. The molecular weight excluding hydrogens is 308 g/mol. The summed E-state index contributed by atoms with van der Waals surface area (Å²) < 4.78 is 1.31. The predicted molar refractivity (Wildman–Crippen MR) is 93.2 cm³/mol. The Labute approximate surface area is 139 Å². The number of nitrogens with zero attached hydrogens (tertiary/aromatic N) is 2. The molecule has 112 valence electrons. The van der Waals surface area contributed by atoms with Crippen molar-refractivity contribution in [1.29, 1.82) is 0 Å². The SMILES string of the molecule is C#CCn1nc(-c2ccc(Cl)cc2)cc(-c2ccccc2)c1=O. The molecule has 0 aliphatic heterocycles. The molecule has 0 saturated carbocycles. The Bertz CT molecular complexity index is 922. The second-order valence-electron chi connectivity index (χ2n) is 4.98. The standard InChI is InChI=1S/C19H13ClN2O/c1-2-12-22-19(23)17(14-6-4-3-5-7-14)13-18(21-22)15-8-10-16(20)11-9-15/h1,3-11,13H,12H2. The normalized spacial score (nSPS) is 10.3. The highest BCUT2D eigenvalue weighted by atomic mass is 35.5. The van der Waals surface area contributed by atoms with Crippen molar-refractivity contribution >= 4 is 11.6 Å². The van der Waals surface area contributed by atoms with Crippen LogP contribution in [0.2, 0.25) is 5.02 Å². The summed E-state index contributed by atoms with van der Waals surface area (Å²) in [6, 6.07) is 18.6. The lowest BCUT2D eigenvalue weighted by Gasteiger charge is -2.09. The number of halogens is 1. The van der Waals surface area contributed by atoms with E-state index in [-0.39, 0.29) is 12.1 Å². The zero-order valence-electron chi connectivity index (χ0n) is 12.2. The van der Waals surface area contributed by atoms with E-state index in [0.29, 0.717) is 16.3 Å². The number of hydrogen-bond donors (Lipinski definition) is 0. The number of benzene rings is 2. The van der Waals surface area contributed by atoms with E-state index < -0.39 is 0 Å². The summed E-state index contributed by atoms with van der Waals surface area (Å²) in [5.41, 5.74) is 2.75. The van der Waals surface area contributed by atoms with Crippen LogP contribution in [0.1, 0.15) is 0 Å². The van der Waals surface area contributed by atoms with E-state index in [1.54, 1.807) is 18.2 Å². The highest BCUT2D eigenvalue weighted by Gasteiger charge is 2.11. The average Bonchev–Trinajstić information content (AvgIpc) is 2.58. The number of hydrogen-bond acceptors (Lipinski definition) is 2. The first kappa shape index (κ1) is 15.1. The van der Waals surface area contributed by atoms with Crippen molar-refractivity contribution in [3.8, 4) is 34.7 Å². The Kier molecular flexibility index (Phi) is 4.27. The van der Waals surface area contributed by atoms with Crippen molar-refractivity contribution in [2.24, 2.45) is 0 Å². The van der Waals surface area contributed by atoms with Crippen LogP contribution >= 0.6 is 11.6 Å². The summed E-state index contributed by atoms with van der Waals surface area (Å²) in [4.78, 5) is 12.6. The van der Waals surface area contributed by atoms with Crippen LogP contribution in [0.4, 0.5) is 0 Å². The van der Waals surface area contributed by atoms with Gasteiger partial charge in [0.25, 0.3) is 5.56 Å². The van der Waals surface area contributed by atoms with Crippen LogP contribution in [-0.4, -0.2) is 9.78 Å². The third kappa shape index (κ3) is 3.18. The monoisotopic (exact) mass is 320 g/mol. The highest BCUT2D eigenvalue weighted by Crippen LogP contribution is 2.23. The summed E-state index contributed by atoms with van der Waals surface area (Å²) in [7, 11) is 0. The van der Waals surface area contributed by atoms with Gasteiger partial charge in [-0.05, 0) is 23.8 Å². The topological polar surface area (TPSA) is 34.9 Å².